The first-order valence-electron chi connectivity index (χ1n) is 44.5. The number of phosphoric acid groups is 2. The highest BCUT2D eigenvalue weighted by Gasteiger charge is 2.30. The lowest BCUT2D eigenvalue weighted by molar-refractivity contribution is -0.161. The van der Waals surface area contributed by atoms with Gasteiger partial charge in [0.1, 0.15) is 19.3 Å². The van der Waals surface area contributed by atoms with E-state index in [1.165, 1.54) is 270 Å². The Morgan fingerprint density at radius 1 is 0.276 bits per heavy atom. The Hall–Kier alpha value is -1.94. The quantitative estimate of drug-likeness (QED) is 0.0222. The van der Waals surface area contributed by atoms with Crippen molar-refractivity contribution < 1.29 is 80.2 Å². The van der Waals surface area contributed by atoms with Crippen molar-refractivity contribution in [3.05, 3.63) is 0 Å². The van der Waals surface area contributed by atoms with Crippen molar-refractivity contribution in [1.29, 1.82) is 0 Å². The van der Waals surface area contributed by atoms with Crippen molar-refractivity contribution >= 4 is 39.5 Å². The van der Waals surface area contributed by atoms with Crippen LogP contribution in [-0.2, 0) is 65.4 Å². The Bertz CT molecular complexity index is 2010. The summed E-state index contributed by atoms with van der Waals surface area (Å²) >= 11 is 0. The van der Waals surface area contributed by atoms with E-state index >= 15 is 0 Å². The Labute approximate surface area is 645 Å². The second-order valence-corrected chi connectivity index (χ2v) is 34.6. The van der Waals surface area contributed by atoms with Crippen LogP contribution in [0.1, 0.15) is 459 Å². The second kappa shape index (κ2) is 77.4. The highest BCUT2D eigenvalue weighted by atomic mass is 31.2. The molecule has 19 heteroatoms. The molecule has 0 rings (SSSR count). The van der Waals surface area contributed by atoms with Gasteiger partial charge in [-0.3, -0.25) is 37.3 Å². The number of rotatable bonds is 85. The van der Waals surface area contributed by atoms with Crippen molar-refractivity contribution in [3.63, 3.8) is 0 Å². The molecule has 0 amide bonds. The molecule has 3 unspecified atom stereocenters. The Kier molecular flexibility index (Phi) is 76.0. The number of aliphatic hydroxyl groups is 1. The van der Waals surface area contributed by atoms with Crippen LogP contribution >= 0.6 is 15.6 Å². The number of ether oxygens (including phenoxy) is 4. The lowest BCUT2D eigenvalue weighted by Gasteiger charge is -2.21. The standard InChI is InChI=1S/C86H168O17P2/c1-7-10-12-14-16-18-20-22-24-26-27-28-29-30-34-39-43-47-51-59-65-70-85(90)102-81(74-96-83(88)68-62-56-49-45-41-37-35-31-32-36-40-44-48-54-60-66-78(4)5)76-100-104(92,93)98-72-80(87)73-99-105(94,95)101-77-82(75-97-84(89)69-63-57-53-52-55-61-67-79(6)9-3)103-86(91)71-64-58-50-46-42-38-33-25-23-21-19-17-15-13-11-8-2/h78-82,87H,7-77H2,1-6H3,(H,92,93)(H,94,95)/t79?,80-,81-,82-/m1/s1. The summed E-state index contributed by atoms with van der Waals surface area (Å²) in [6.07, 6.45) is 69.5. The maximum absolute atomic E-state index is 13.1. The summed E-state index contributed by atoms with van der Waals surface area (Å²) < 4.78 is 68.9. The van der Waals surface area contributed by atoms with Crippen LogP contribution < -0.4 is 0 Å². The molecule has 3 N–H and O–H groups in total. The fraction of sp³-hybridized carbons (Fsp3) is 0.953. The molecule has 0 heterocycles. The molecule has 0 saturated carbocycles. The van der Waals surface area contributed by atoms with E-state index in [0.29, 0.717) is 25.7 Å². The number of carbonyl (C=O) groups excluding carboxylic acids is 4. The van der Waals surface area contributed by atoms with Crippen molar-refractivity contribution in [2.24, 2.45) is 11.8 Å². The van der Waals surface area contributed by atoms with Gasteiger partial charge in [-0.15, -0.1) is 0 Å². The van der Waals surface area contributed by atoms with E-state index in [4.69, 9.17) is 37.0 Å². The topological polar surface area (TPSA) is 237 Å². The molecule has 0 aromatic rings. The number of carbonyl (C=O) groups is 4. The molecule has 0 aromatic carbocycles. The van der Waals surface area contributed by atoms with Gasteiger partial charge >= 0.3 is 39.5 Å². The maximum atomic E-state index is 13.1. The monoisotopic (exact) mass is 1540 g/mol. The predicted octanol–water partition coefficient (Wildman–Crippen LogP) is 26.2. The number of phosphoric ester groups is 2. The molecular weight excluding hydrogens is 1370 g/mol. The minimum atomic E-state index is -4.97. The molecule has 0 radical (unpaired) electrons. The first-order chi connectivity index (χ1) is 50.9. The van der Waals surface area contributed by atoms with E-state index in [2.05, 4.69) is 41.5 Å². The van der Waals surface area contributed by atoms with Crippen LogP contribution in [0.15, 0.2) is 0 Å². The van der Waals surface area contributed by atoms with E-state index in [9.17, 15) is 43.2 Å². The van der Waals surface area contributed by atoms with Gasteiger partial charge in [0.05, 0.1) is 26.4 Å². The molecule has 0 fully saturated rings. The minimum absolute atomic E-state index is 0.108. The molecule has 0 bridgehead atoms. The summed E-state index contributed by atoms with van der Waals surface area (Å²) in [5.74, 6) is -0.566. The first kappa shape index (κ1) is 103. The van der Waals surface area contributed by atoms with Crippen LogP contribution in [0.5, 0.6) is 0 Å². The van der Waals surface area contributed by atoms with Crippen molar-refractivity contribution in [2.75, 3.05) is 39.6 Å². The van der Waals surface area contributed by atoms with E-state index in [1.807, 2.05) is 0 Å². The summed E-state index contributed by atoms with van der Waals surface area (Å²) in [4.78, 5) is 73.2. The average molecular weight is 1540 g/mol. The lowest BCUT2D eigenvalue weighted by Crippen LogP contribution is -2.30. The van der Waals surface area contributed by atoms with Crippen LogP contribution in [0.4, 0.5) is 0 Å². The molecule has 0 aromatic heterocycles. The zero-order chi connectivity index (χ0) is 77.1. The van der Waals surface area contributed by atoms with Gasteiger partial charge in [0.2, 0.25) is 0 Å². The summed E-state index contributed by atoms with van der Waals surface area (Å²) in [5.41, 5.74) is 0. The highest BCUT2D eigenvalue weighted by Crippen LogP contribution is 2.45. The third-order valence-corrected chi connectivity index (χ3v) is 22.5. The van der Waals surface area contributed by atoms with Crippen LogP contribution in [0.25, 0.3) is 0 Å². The minimum Gasteiger partial charge on any atom is -0.462 e. The van der Waals surface area contributed by atoms with Gasteiger partial charge in [-0.2, -0.15) is 0 Å². The number of esters is 4. The molecule has 0 saturated heterocycles. The van der Waals surface area contributed by atoms with E-state index in [0.717, 1.165) is 108 Å². The number of hydrogen-bond acceptors (Lipinski definition) is 15. The van der Waals surface area contributed by atoms with Gasteiger partial charge in [0.15, 0.2) is 12.2 Å². The van der Waals surface area contributed by atoms with Gasteiger partial charge in [0.25, 0.3) is 0 Å². The number of aliphatic hydroxyl groups excluding tert-OH is 1. The predicted molar refractivity (Wildman–Crippen MR) is 432 cm³/mol. The molecule has 0 aliphatic carbocycles. The second-order valence-electron chi connectivity index (χ2n) is 31.6. The SMILES string of the molecule is CCCCCCCCCCCCCCCCCCCCCCCC(=O)O[C@H](COC(=O)CCCCCCCCCCCCCCCCCC(C)C)COP(=O)(O)OC[C@@H](O)COP(=O)(O)OC[C@@H](COC(=O)CCCCCCCCC(C)CC)OC(=O)CCCCCCCCCCCCCCCCCC. The Morgan fingerprint density at radius 3 is 0.724 bits per heavy atom. The third kappa shape index (κ3) is 78.5. The summed E-state index contributed by atoms with van der Waals surface area (Å²) in [6, 6.07) is 0. The largest absolute Gasteiger partial charge is 0.472 e. The molecule has 0 spiro atoms. The summed E-state index contributed by atoms with van der Waals surface area (Å²) in [6.45, 7) is 9.66. The van der Waals surface area contributed by atoms with Crippen molar-refractivity contribution in [2.45, 2.75) is 477 Å². The fourth-order valence-corrected chi connectivity index (χ4v) is 15.0. The fourth-order valence-electron chi connectivity index (χ4n) is 13.4. The van der Waals surface area contributed by atoms with Gasteiger partial charge in [-0.1, -0.05) is 408 Å². The molecular formula is C86H168O17P2. The highest BCUT2D eigenvalue weighted by molar-refractivity contribution is 7.47. The maximum Gasteiger partial charge on any atom is 0.472 e. The van der Waals surface area contributed by atoms with Crippen LogP contribution in [0.2, 0.25) is 0 Å². The molecule has 6 atom stereocenters. The van der Waals surface area contributed by atoms with Crippen LogP contribution in [0.3, 0.4) is 0 Å². The zero-order valence-electron chi connectivity index (χ0n) is 69.0. The summed E-state index contributed by atoms with van der Waals surface area (Å²) in [5, 5.41) is 10.7. The van der Waals surface area contributed by atoms with E-state index < -0.39 is 97.5 Å². The normalized spacial score (nSPS) is 14.1. The molecule has 17 nitrogen and oxygen atoms in total. The van der Waals surface area contributed by atoms with Gasteiger partial charge < -0.3 is 33.8 Å². The zero-order valence-corrected chi connectivity index (χ0v) is 70.8. The van der Waals surface area contributed by atoms with Crippen LogP contribution in [-0.4, -0.2) is 96.7 Å². The molecule has 0 aliphatic rings. The van der Waals surface area contributed by atoms with E-state index in [1.54, 1.807) is 0 Å². The van der Waals surface area contributed by atoms with Gasteiger partial charge in [-0.25, -0.2) is 9.13 Å². The van der Waals surface area contributed by atoms with Gasteiger partial charge in [-0.05, 0) is 37.5 Å². The molecule has 0 aliphatic heterocycles. The van der Waals surface area contributed by atoms with Crippen LogP contribution in [0, 0.1) is 11.8 Å². The summed E-state index contributed by atoms with van der Waals surface area (Å²) in [7, 11) is -9.93. The van der Waals surface area contributed by atoms with Crippen molar-refractivity contribution in [3.8, 4) is 0 Å². The smallest absolute Gasteiger partial charge is 0.462 e. The van der Waals surface area contributed by atoms with Crippen molar-refractivity contribution in [1.82, 2.24) is 0 Å². The Balaban J connectivity index is 5.23. The van der Waals surface area contributed by atoms with Gasteiger partial charge in [0, 0.05) is 25.7 Å². The number of hydrogen-bond donors (Lipinski definition) is 3. The molecule has 624 valence electrons. The first-order valence-corrected chi connectivity index (χ1v) is 47.5. The number of unbranched alkanes of at least 4 members (excludes halogenated alkanes) is 54. The van der Waals surface area contributed by atoms with E-state index in [-0.39, 0.29) is 25.7 Å². The lowest BCUT2D eigenvalue weighted by atomic mass is 10.00. The average Bonchev–Trinajstić information content (AvgIpc) is 0.938. The third-order valence-electron chi connectivity index (χ3n) is 20.6. The Morgan fingerprint density at radius 2 is 0.486 bits per heavy atom. The molecule has 105 heavy (non-hydrogen) atoms.